The van der Waals surface area contributed by atoms with Crippen LogP contribution in [0.4, 0.5) is 0 Å². The van der Waals surface area contributed by atoms with Gasteiger partial charge in [-0.05, 0) is 23.8 Å². The highest BCUT2D eigenvalue weighted by Crippen LogP contribution is 2.23. The minimum atomic E-state index is 0.0514. The lowest BCUT2D eigenvalue weighted by molar-refractivity contribution is -0.127. The molecule has 4 heteroatoms. The van der Waals surface area contributed by atoms with E-state index in [-0.39, 0.29) is 12.1 Å². The molecule has 1 aliphatic heterocycles. The van der Waals surface area contributed by atoms with Gasteiger partial charge in [0.2, 0.25) is 5.91 Å². The molecule has 0 aromatic heterocycles. The molecule has 1 aromatic rings. The molecule has 3 nitrogen and oxygen atoms in total. The van der Waals surface area contributed by atoms with Crippen molar-refractivity contribution in [2.75, 3.05) is 25.1 Å². The van der Waals surface area contributed by atoms with Crippen LogP contribution in [0.5, 0.6) is 0 Å². The van der Waals surface area contributed by atoms with Gasteiger partial charge >= 0.3 is 0 Å². The Morgan fingerprint density at radius 3 is 2.72 bits per heavy atom. The number of hydrogen-bond acceptors (Lipinski definition) is 3. The van der Waals surface area contributed by atoms with E-state index in [2.05, 4.69) is 42.8 Å². The second-order valence-corrected chi connectivity index (χ2v) is 5.44. The summed E-state index contributed by atoms with van der Waals surface area (Å²) >= 11 is 1.77. The number of nitrogens with zero attached hydrogens (tertiary/aromatic N) is 1. The third-order valence-electron chi connectivity index (χ3n) is 3.32. The van der Waals surface area contributed by atoms with Gasteiger partial charge in [0.1, 0.15) is 6.17 Å². The third-order valence-corrected chi connectivity index (χ3v) is 3.91. The molecule has 0 aliphatic carbocycles. The van der Waals surface area contributed by atoms with Crippen LogP contribution in [0.25, 0.3) is 0 Å². The number of hydrogen-bond donors (Lipinski definition) is 1. The van der Waals surface area contributed by atoms with Crippen molar-refractivity contribution in [1.29, 1.82) is 0 Å². The van der Waals surface area contributed by atoms with Gasteiger partial charge in [-0.3, -0.25) is 10.1 Å². The molecule has 1 aromatic carbocycles. The zero-order chi connectivity index (χ0) is 13.0. The van der Waals surface area contributed by atoms with Crippen LogP contribution in [-0.2, 0) is 11.2 Å². The molecule has 1 amide bonds. The van der Waals surface area contributed by atoms with Crippen LogP contribution in [0.3, 0.4) is 0 Å². The van der Waals surface area contributed by atoms with Crippen molar-refractivity contribution >= 4 is 17.7 Å². The molecule has 0 saturated carbocycles. The Balaban J connectivity index is 2.12. The molecule has 98 valence electrons. The molecule has 1 heterocycles. The van der Waals surface area contributed by atoms with Crippen molar-refractivity contribution in [3.63, 3.8) is 0 Å². The van der Waals surface area contributed by atoms with Crippen molar-refractivity contribution in [2.45, 2.75) is 19.5 Å². The molecule has 1 atom stereocenters. The zero-order valence-electron chi connectivity index (χ0n) is 11.0. The van der Waals surface area contributed by atoms with Gasteiger partial charge in [-0.1, -0.05) is 31.2 Å². The molecule has 2 rings (SSSR count). The van der Waals surface area contributed by atoms with Crippen molar-refractivity contribution in [2.24, 2.45) is 0 Å². The maximum Gasteiger partial charge on any atom is 0.238 e. The van der Waals surface area contributed by atoms with Gasteiger partial charge in [0.05, 0.1) is 6.54 Å². The summed E-state index contributed by atoms with van der Waals surface area (Å²) in [5.74, 6) is 1.19. The SMILES string of the molecule is CCc1ccc(C2NCC(=O)N2CCSC)cc1. The molecule has 1 fully saturated rings. The number of benzene rings is 1. The topological polar surface area (TPSA) is 32.3 Å². The largest absolute Gasteiger partial charge is 0.321 e. The van der Waals surface area contributed by atoms with Crippen LogP contribution in [-0.4, -0.2) is 35.9 Å². The standard InChI is InChI=1S/C14H20N2OS/c1-3-11-4-6-12(7-5-11)14-15-10-13(17)16(14)8-9-18-2/h4-7,14-15H,3,8-10H2,1-2H3. The highest BCUT2D eigenvalue weighted by atomic mass is 32.2. The molecule has 0 bridgehead atoms. The molecule has 18 heavy (non-hydrogen) atoms. The second kappa shape index (κ2) is 6.25. The maximum atomic E-state index is 11.8. The van der Waals surface area contributed by atoms with Gasteiger partial charge in [-0.15, -0.1) is 0 Å². The lowest BCUT2D eigenvalue weighted by Gasteiger charge is -2.24. The van der Waals surface area contributed by atoms with Crippen LogP contribution in [0.15, 0.2) is 24.3 Å². The Labute approximate surface area is 113 Å². The number of amides is 1. The smallest absolute Gasteiger partial charge is 0.238 e. The Morgan fingerprint density at radius 1 is 1.39 bits per heavy atom. The van der Waals surface area contributed by atoms with Crippen LogP contribution in [0.1, 0.15) is 24.2 Å². The van der Waals surface area contributed by atoms with Gasteiger partial charge < -0.3 is 4.90 Å². The van der Waals surface area contributed by atoms with E-state index in [9.17, 15) is 4.79 Å². The lowest BCUT2D eigenvalue weighted by atomic mass is 10.1. The molecule has 1 aliphatic rings. The Hall–Kier alpha value is -1.00. The minimum Gasteiger partial charge on any atom is -0.321 e. The quantitative estimate of drug-likeness (QED) is 0.883. The Bertz CT molecular complexity index is 405. The van der Waals surface area contributed by atoms with E-state index in [0.29, 0.717) is 6.54 Å². The molecule has 0 spiro atoms. The number of rotatable bonds is 5. The lowest BCUT2D eigenvalue weighted by Crippen LogP contribution is -2.32. The van der Waals surface area contributed by atoms with E-state index in [4.69, 9.17) is 0 Å². The van der Waals surface area contributed by atoms with Crippen LogP contribution in [0.2, 0.25) is 0 Å². The number of carbonyl (C=O) groups excluding carboxylic acids is 1. The fraction of sp³-hybridized carbons (Fsp3) is 0.500. The van der Waals surface area contributed by atoms with Gasteiger partial charge in [0.15, 0.2) is 0 Å². The summed E-state index contributed by atoms with van der Waals surface area (Å²) in [6.07, 6.45) is 3.17. The highest BCUT2D eigenvalue weighted by molar-refractivity contribution is 7.98. The Morgan fingerprint density at radius 2 is 2.11 bits per heavy atom. The third kappa shape index (κ3) is 2.87. The van der Waals surface area contributed by atoms with Crippen LogP contribution < -0.4 is 5.32 Å². The van der Waals surface area contributed by atoms with Gasteiger partial charge in [0.25, 0.3) is 0 Å². The number of carbonyl (C=O) groups is 1. The van der Waals surface area contributed by atoms with Gasteiger partial charge in [-0.2, -0.15) is 11.8 Å². The number of thioether (sulfide) groups is 1. The average molecular weight is 264 g/mol. The zero-order valence-corrected chi connectivity index (χ0v) is 11.8. The molecular formula is C14H20N2OS. The first-order valence-electron chi connectivity index (χ1n) is 6.37. The monoisotopic (exact) mass is 264 g/mol. The van der Waals surface area contributed by atoms with Crippen molar-refractivity contribution in [1.82, 2.24) is 10.2 Å². The summed E-state index contributed by atoms with van der Waals surface area (Å²) in [7, 11) is 0. The predicted octanol–water partition coefficient (Wildman–Crippen LogP) is 2.04. The molecule has 1 N–H and O–H groups in total. The first-order chi connectivity index (χ1) is 8.76. The average Bonchev–Trinajstić information content (AvgIpc) is 2.78. The summed E-state index contributed by atoms with van der Waals surface area (Å²) in [6.45, 7) is 3.42. The van der Waals surface area contributed by atoms with Gasteiger partial charge in [-0.25, -0.2) is 0 Å². The molecule has 0 radical (unpaired) electrons. The summed E-state index contributed by atoms with van der Waals surface area (Å²) in [6, 6.07) is 8.54. The summed E-state index contributed by atoms with van der Waals surface area (Å²) < 4.78 is 0. The number of nitrogens with one attached hydrogen (secondary N) is 1. The fourth-order valence-corrected chi connectivity index (χ4v) is 2.60. The first kappa shape index (κ1) is 13.4. The van der Waals surface area contributed by atoms with E-state index in [1.54, 1.807) is 11.8 Å². The van der Waals surface area contributed by atoms with Crippen LogP contribution in [0, 0.1) is 0 Å². The molecular weight excluding hydrogens is 244 g/mol. The summed E-state index contributed by atoms with van der Waals surface area (Å²) in [5.41, 5.74) is 2.51. The molecule has 1 saturated heterocycles. The van der Waals surface area contributed by atoms with Gasteiger partial charge in [0, 0.05) is 12.3 Å². The van der Waals surface area contributed by atoms with E-state index in [1.165, 1.54) is 11.1 Å². The predicted molar refractivity (Wildman–Crippen MR) is 76.7 cm³/mol. The van der Waals surface area contributed by atoms with E-state index in [1.807, 2.05) is 4.90 Å². The van der Waals surface area contributed by atoms with Crippen molar-refractivity contribution in [3.8, 4) is 0 Å². The van der Waals surface area contributed by atoms with E-state index >= 15 is 0 Å². The normalized spacial score (nSPS) is 19.6. The van der Waals surface area contributed by atoms with Crippen molar-refractivity contribution < 1.29 is 4.79 Å². The molecule has 1 unspecified atom stereocenters. The van der Waals surface area contributed by atoms with E-state index < -0.39 is 0 Å². The summed E-state index contributed by atoms with van der Waals surface area (Å²) in [5, 5.41) is 3.29. The van der Waals surface area contributed by atoms with E-state index in [0.717, 1.165) is 18.7 Å². The second-order valence-electron chi connectivity index (χ2n) is 4.46. The summed E-state index contributed by atoms with van der Waals surface area (Å²) in [4.78, 5) is 13.8. The van der Waals surface area contributed by atoms with Crippen molar-refractivity contribution in [3.05, 3.63) is 35.4 Å². The Kier molecular flexibility index (Phi) is 4.66. The van der Waals surface area contributed by atoms with Crippen LogP contribution >= 0.6 is 11.8 Å². The minimum absolute atomic E-state index is 0.0514. The fourth-order valence-electron chi connectivity index (χ4n) is 2.22. The number of aryl methyl sites for hydroxylation is 1. The maximum absolute atomic E-state index is 11.8. The highest BCUT2D eigenvalue weighted by Gasteiger charge is 2.30. The first-order valence-corrected chi connectivity index (χ1v) is 7.76.